The van der Waals surface area contributed by atoms with Crippen LogP contribution in [0.5, 0.6) is 5.75 Å². The highest BCUT2D eigenvalue weighted by Crippen LogP contribution is 2.37. The third-order valence-corrected chi connectivity index (χ3v) is 7.66. The van der Waals surface area contributed by atoms with Crippen LogP contribution in [0.15, 0.2) is 116 Å². The Labute approximate surface area is 248 Å². The molecule has 5 rings (SSSR count). The van der Waals surface area contributed by atoms with Crippen molar-refractivity contribution >= 4 is 34.5 Å². The SMILES string of the molecule is C=C(c1ccc(F)cc1)c1c(O)ccc(Cc2c(Cl)cc(N(Cc3ccccc3)Cc3ccccc3)cc2Cl)c1F. The third-order valence-electron chi connectivity index (χ3n) is 6.99. The van der Waals surface area contributed by atoms with E-state index in [0.717, 1.165) is 16.8 Å². The van der Waals surface area contributed by atoms with Gasteiger partial charge >= 0.3 is 0 Å². The number of benzene rings is 5. The average Bonchev–Trinajstić information content (AvgIpc) is 2.97. The van der Waals surface area contributed by atoms with Gasteiger partial charge in [-0.15, -0.1) is 0 Å². The minimum absolute atomic E-state index is 0.0464. The first kappa shape index (κ1) is 28.4. The van der Waals surface area contributed by atoms with Crippen LogP contribution in [0.1, 0.15) is 33.4 Å². The predicted octanol–water partition coefficient (Wildman–Crippen LogP) is 9.84. The van der Waals surface area contributed by atoms with E-state index in [-0.39, 0.29) is 23.3 Å². The molecular formula is C35H27Cl2F2NO. The van der Waals surface area contributed by atoms with Gasteiger partial charge in [-0.1, -0.05) is 109 Å². The largest absolute Gasteiger partial charge is 0.507 e. The van der Waals surface area contributed by atoms with Crippen molar-refractivity contribution < 1.29 is 13.9 Å². The molecule has 206 valence electrons. The lowest BCUT2D eigenvalue weighted by molar-refractivity contribution is 0.465. The van der Waals surface area contributed by atoms with Crippen LogP contribution in [0, 0.1) is 11.6 Å². The smallest absolute Gasteiger partial charge is 0.138 e. The van der Waals surface area contributed by atoms with Gasteiger partial charge in [0.25, 0.3) is 0 Å². The van der Waals surface area contributed by atoms with Gasteiger partial charge in [0, 0.05) is 35.2 Å². The standard InChI is InChI=1S/C35H27Cl2F2NO/c1-23(26-12-15-28(38)16-13-26)34-33(41)17-14-27(35(34)39)18-30-31(36)19-29(20-32(30)37)40(21-24-8-4-2-5-9-24)22-25-10-6-3-7-11-25/h2-17,19-20,41H,1,18,21-22H2. The second-order valence-corrected chi connectivity index (χ2v) is 10.6. The van der Waals surface area contributed by atoms with Crippen molar-refractivity contribution in [3.63, 3.8) is 0 Å². The van der Waals surface area contributed by atoms with Crippen LogP contribution in [-0.4, -0.2) is 5.11 Å². The normalized spacial score (nSPS) is 10.9. The molecule has 0 amide bonds. The van der Waals surface area contributed by atoms with Crippen LogP contribution in [0.25, 0.3) is 5.57 Å². The number of nitrogens with zero attached hydrogens (tertiary/aromatic N) is 1. The quantitative estimate of drug-likeness (QED) is 0.186. The van der Waals surface area contributed by atoms with Crippen LogP contribution >= 0.6 is 23.2 Å². The van der Waals surface area contributed by atoms with Crippen LogP contribution in [0.4, 0.5) is 14.5 Å². The van der Waals surface area contributed by atoms with Crippen molar-refractivity contribution in [3.05, 3.63) is 171 Å². The molecule has 0 fully saturated rings. The zero-order valence-corrected chi connectivity index (χ0v) is 23.6. The molecule has 1 N–H and O–H groups in total. The minimum atomic E-state index is -0.634. The zero-order chi connectivity index (χ0) is 28.9. The molecule has 0 radical (unpaired) electrons. The van der Waals surface area contributed by atoms with E-state index in [1.807, 2.05) is 48.5 Å². The molecule has 0 aliphatic heterocycles. The Morgan fingerprint density at radius 2 is 1.27 bits per heavy atom. The summed E-state index contributed by atoms with van der Waals surface area (Å²) >= 11 is 13.6. The van der Waals surface area contributed by atoms with Crippen molar-refractivity contribution in [2.45, 2.75) is 19.5 Å². The summed E-state index contributed by atoms with van der Waals surface area (Å²) in [5, 5.41) is 11.3. The van der Waals surface area contributed by atoms with E-state index in [1.165, 1.54) is 36.4 Å². The van der Waals surface area contributed by atoms with E-state index in [1.54, 1.807) is 0 Å². The highest BCUT2D eigenvalue weighted by atomic mass is 35.5. The summed E-state index contributed by atoms with van der Waals surface area (Å²) in [5.74, 6) is -1.31. The predicted molar refractivity (Wildman–Crippen MR) is 165 cm³/mol. The molecule has 0 aromatic heterocycles. The Morgan fingerprint density at radius 3 is 1.80 bits per heavy atom. The van der Waals surface area contributed by atoms with Crippen LogP contribution in [-0.2, 0) is 19.5 Å². The maximum absolute atomic E-state index is 15.8. The Kier molecular flexibility index (Phi) is 8.72. The summed E-state index contributed by atoms with van der Waals surface area (Å²) in [6.45, 7) is 5.23. The van der Waals surface area contributed by atoms with Gasteiger partial charge < -0.3 is 10.0 Å². The van der Waals surface area contributed by atoms with E-state index < -0.39 is 11.6 Å². The molecule has 0 heterocycles. The Balaban J connectivity index is 1.46. The van der Waals surface area contributed by atoms with Gasteiger partial charge in [0.1, 0.15) is 17.4 Å². The lowest BCUT2D eigenvalue weighted by atomic mass is 9.94. The topological polar surface area (TPSA) is 23.5 Å². The second-order valence-electron chi connectivity index (χ2n) is 9.81. The van der Waals surface area contributed by atoms with E-state index in [4.69, 9.17) is 23.2 Å². The molecule has 0 spiro atoms. The highest BCUT2D eigenvalue weighted by Gasteiger charge is 2.20. The monoisotopic (exact) mass is 585 g/mol. The molecule has 0 bridgehead atoms. The van der Waals surface area contributed by atoms with Crippen molar-refractivity contribution in [2.75, 3.05) is 4.90 Å². The van der Waals surface area contributed by atoms with Gasteiger partial charge in [-0.05, 0) is 63.7 Å². The van der Waals surface area contributed by atoms with Gasteiger partial charge in [-0.25, -0.2) is 8.78 Å². The maximum Gasteiger partial charge on any atom is 0.138 e. The molecule has 0 saturated carbocycles. The molecule has 5 aromatic carbocycles. The van der Waals surface area contributed by atoms with Gasteiger partial charge in [-0.2, -0.15) is 0 Å². The van der Waals surface area contributed by atoms with Crippen molar-refractivity contribution in [1.82, 2.24) is 0 Å². The van der Waals surface area contributed by atoms with Crippen LogP contribution in [0.3, 0.4) is 0 Å². The molecule has 0 saturated heterocycles. The molecule has 2 nitrogen and oxygen atoms in total. The molecule has 0 unspecified atom stereocenters. The fraction of sp³-hybridized carbons (Fsp3) is 0.0857. The van der Waals surface area contributed by atoms with Crippen molar-refractivity contribution in [3.8, 4) is 5.75 Å². The maximum atomic E-state index is 15.8. The van der Waals surface area contributed by atoms with E-state index in [9.17, 15) is 9.50 Å². The molecule has 41 heavy (non-hydrogen) atoms. The number of halogens is 4. The van der Waals surface area contributed by atoms with Gasteiger partial charge in [0.2, 0.25) is 0 Å². The summed E-state index contributed by atoms with van der Waals surface area (Å²) < 4.78 is 29.2. The number of rotatable bonds is 9. The van der Waals surface area contributed by atoms with E-state index in [0.29, 0.717) is 39.8 Å². The third kappa shape index (κ3) is 6.62. The highest BCUT2D eigenvalue weighted by molar-refractivity contribution is 6.36. The Bertz CT molecular complexity index is 1610. The first-order chi connectivity index (χ1) is 19.8. The summed E-state index contributed by atoms with van der Waals surface area (Å²) in [5.41, 5.74) is 4.67. The molecule has 0 aliphatic rings. The average molecular weight is 587 g/mol. The number of phenols is 1. The van der Waals surface area contributed by atoms with Crippen molar-refractivity contribution in [2.24, 2.45) is 0 Å². The number of phenolic OH excluding ortho intramolecular Hbond substituents is 1. The van der Waals surface area contributed by atoms with E-state index in [2.05, 4.69) is 35.7 Å². The van der Waals surface area contributed by atoms with Crippen molar-refractivity contribution in [1.29, 1.82) is 0 Å². The van der Waals surface area contributed by atoms with Gasteiger partial charge in [0.05, 0.1) is 5.56 Å². The lowest BCUT2D eigenvalue weighted by Crippen LogP contribution is -2.22. The molecule has 5 aromatic rings. The van der Waals surface area contributed by atoms with Gasteiger partial charge in [-0.3, -0.25) is 0 Å². The first-order valence-electron chi connectivity index (χ1n) is 13.1. The van der Waals surface area contributed by atoms with Crippen LogP contribution < -0.4 is 4.90 Å². The number of hydrogen-bond acceptors (Lipinski definition) is 2. The van der Waals surface area contributed by atoms with Crippen LogP contribution in [0.2, 0.25) is 10.0 Å². The second kappa shape index (κ2) is 12.6. The number of hydrogen-bond donors (Lipinski definition) is 1. The fourth-order valence-electron chi connectivity index (χ4n) is 4.81. The lowest BCUT2D eigenvalue weighted by Gasteiger charge is -2.26. The fourth-order valence-corrected chi connectivity index (χ4v) is 5.41. The molecule has 0 aliphatic carbocycles. The zero-order valence-electron chi connectivity index (χ0n) is 22.1. The molecular weight excluding hydrogens is 559 g/mol. The first-order valence-corrected chi connectivity index (χ1v) is 13.8. The molecule has 0 atom stereocenters. The number of anilines is 1. The summed E-state index contributed by atoms with van der Waals surface area (Å²) in [6.07, 6.45) is 0.102. The summed E-state index contributed by atoms with van der Waals surface area (Å²) in [4.78, 5) is 2.19. The molecule has 6 heteroatoms. The Hall–Kier alpha value is -4.12. The summed E-state index contributed by atoms with van der Waals surface area (Å²) in [6, 6.07) is 32.4. The van der Waals surface area contributed by atoms with E-state index >= 15 is 4.39 Å². The Morgan fingerprint density at radius 1 is 0.732 bits per heavy atom. The minimum Gasteiger partial charge on any atom is -0.507 e. The number of aromatic hydroxyl groups is 1. The summed E-state index contributed by atoms with van der Waals surface area (Å²) in [7, 11) is 0. The van der Waals surface area contributed by atoms with Gasteiger partial charge in [0.15, 0.2) is 0 Å².